The van der Waals surface area contributed by atoms with E-state index in [0.29, 0.717) is 23.2 Å². The van der Waals surface area contributed by atoms with Gasteiger partial charge in [0.05, 0.1) is 31.0 Å². The number of nitrogens with one attached hydrogen (secondary N) is 1. The van der Waals surface area contributed by atoms with E-state index < -0.39 is 0 Å². The Morgan fingerprint density at radius 1 is 1.14 bits per heavy atom. The third-order valence-electron chi connectivity index (χ3n) is 4.84. The average Bonchev–Trinajstić information content (AvgIpc) is 3.06. The highest BCUT2D eigenvalue weighted by Crippen LogP contribution is 2.36. The van der Waals surface area contributed by atoms with Gasteiger partial charge in [0.15, 0.2) is 16.6 Å². The van der Waals surface area contributed by atoms with Crippen LogP contribution in [-0.4, -0.2) is 99.7 Å². The molecule has 0 spiro atoms. The second kappa shape index (κ2) is 9.51. The van der Waals surface area contributed by atoms with E-state index in [1.165, 1.54) is 11.3 Å². The molecule has 28 heavy (non-hydrogen) atoms. The van der Waals surface area contributed by atoms with E-state index in [4.69, 9.17) is 9.47 Å². The third-order valence-corrected chi connectivity index (χ3v) is 5.77. The number of rotatable bonds is 8. The van der Waals surface area contributed by atoms with E-state index in [1.807, 2.05) is 12.1 Å². The van der Waals surface area contributed by atoms with Gasteiger partial charge in [0.2, 0.25) is 5.91 Å². The van der Waals surface area contributed by atoms with E-state index in [1.54, 1.807) is 14.2 Å². The molecule has 1 fully saturated rings. The van der Waals surface area contributed by atoms with E-state index >= 15 is 0 Å². The standard InChI is InChI=1S/C19H29N5O3S/c1-22(2)5-6-23-7-9-24(10-8-23)13-18(25)21-19-20-14-11-15(26-3)16(27-4)12-17(14)28-19/h11-12H,5-10,13H2,1-4H3,(H,20,21,25). The Kier molecular flexibility index (Phi) is 7.06. The van der Waals surface area contributed by atoms with Crippen LogP contribution in [0.5, 0.6) is 11.5 Å². The van der Waals surface area contributed by atoms with Crippen molar-refractivity contribution in [1.82, 2.24) is 19.7 Å². The fourth-order valence-corrected chi connectivity index (χ4v) is 4.08. The molecular weight excluding hydrogens is 378 g/mol. The molecule has 0 aliphatic carbocycles. The summed E-state index contributed by atoms with van der Waals surface area (Å²) in [6, 6.07) is 3.71. The minimum Gasteiger partial charge on any atom is -0.493 e. The maximum atomic E-state index is 12.4. The summed E-state index contributed by atoms with van der Waals surface area (Å²) in [4.78, 5) is 23.8. The molecule has 1 aromatic carbocycles. The number of anilines is 1. The molecule has 154 valence electrons. The number of carbonyl (C=O) groups excluding carboxylic acids is 1. The molecule has 2 heterocycles. The first-order valence-corrected chi connectivity index (χ1v) is 10.2. The van der Waals surface area contributed by atoms with Crippen LogP contribution < -0.4 is 14.8 Å². The Bertz CT molecular complexity index is 761. The van der Waals surface area contributed by atoms with Crippen molar-refractivity contribution in [3.63, 3.8) is 0 Å². The van der Waals surface area contributed by atoms with Gasteiger partial charge in [-0.1, -0.05) is 11.3 Å². The Morgan fingerprint density at radius 3 is 2.43 bits per heavy atom. The number of piperazine rings is 1. The minimum absolute atomic E-state index is 0.0280. The van der Waals surface area contributed by atoms with Gasteiger partial charge in [-0.25, -0.2) is 4.98 Å². The predicted octanol–water partition coefficient (Wildman–Crippen LogP) is 1.43. The number of amides is 1. The fourth-order valence-electron chi connectivity index (χ4n) is 3.18. The summed E-state index contributed by atoms with van der Waals surface area (Å²) in [6.45, 7) is 6.36. The number of benzene rings is 1. The molecule has 1 N–H and O–H groups in total. The monoisotopic (exact) mass is 407 g/mol. The molecule has 1 aliphatic rings. The van der Waals surface area contributed by atoms with Crippen molar-refractivity contribution in [2.75, 3.05) is 79.4 Å². The first-order chi connectivity index (χ1) is 13.5. The highest BCUT2D eigenvalue weighted by Gasteiger charge is 2.19. The van der Waals surface area contributed by atoms with Crippen molar-refractivity contribution in [2.45, 2.75) is 0 Å². The molecule has 0 atom stereocenters. The van der Waals surface area contributed by atoms with Crippen LogP contribution >= 0.6 is 11.3 Å². The molecule has 1 saturated heterocycles. The first kappa shape index (κ1) is 20.8. The van der Waals surface area contributed by atoms with Crippen molar-refractivity contribution >= 4 is 32.6 Å². The predicted molar refractivity (Wildman–Crippen MR) is 113 cm³/mol. The number of methoxy groups -OCH3 is 2. The smallest absolute Gasteiger partial charge is 0.240 e. The Hall–Kier alpha value is -1.94. The van der Waals surface area contributed by atoms with Gasteiger partial charge in [-0.15, -0.1) is 0 Å². The number of aromatic nitrogens is 1. The lowest BCUT2D eigenvalue weighted by atomic mass is 10.3. The van der Waals surface area contributed by atoms with Crippen LogP contribution in [0.1, 0.15) is 0 Å². The zero-order valence-corrected chi connectivity index (χ0v) is 17.8. The van der Waals surface area contributed by atoms with Gasteiger partial charge in [-0.2, -0.15) is 0 Å². The first-order valence-electron chi connectivity index (χ1n) is 9.40. The lowest BCUT2D eigenvalue weighted by Gasteiger charge is -2.34. The third kappa shape index (κ3) is 5.32. The van der Waals surface area contributed by atoms with Crippen LogP contribution in [0.2, 0.25) is 0 Å². The number of thiazole rings is 1. The zero-order valence-electron chi connectivity index (χ0n) is 17.0. The van der Waals surface area contributed by atoms with Gasteiger partial charge in [0.1, 0.15) is 0 Å². The molecule has 0 saturated carbocycles. The van der Waals surface area contributed by atoms with E-state index in [0.717, 1.165) is 49.5 Å². The fraction of sp³-hybridized carbons (Fsp3) is 0.579. The summed E-state index contributed by atoms with van der Waals surface area (Å²) >= 11 is 1.44. The average molecular weight is 408 g/mol. The van der Waals surface area contributed by atoms with Crippen molar-refractivity contribution in [1.29, 1.82) is 0 Å². The molecule has 1 amide bonds. The molecule has 3 rings (SSSR count). The number of carbonyl (C=O) groups is 1. The molecule has 8 nitrogen and oxygen atoms in total. The van der Waals surface area contributed by atoms with Gasteiger partial charge in [-0.05, 0) is 14.1 Å². The van der Waals surface area contributed by atoms with Crippen LogP contribution in [0.25, 0.3) is 10.2 Å². The lowest BCUT2D eigenvalue weighted by molar-refractivity contribution is -0.117. The summed E-state index contributed by atoms with van der Waals surface area (Å²) in [5, 5.41) is 3.53. The Labute approximate surface area is 170 Å². The maximum absolute atomic E-state index is 12.4. The highest BCUT2D eigenvalue weighted by atomic mass is 32.1. The minimum atomic E-state index is -0.0280. The van der Waals surface area contributed by atoms with E-state index in [-0.39, 0.29) is 5.91 Å². The quantitative estimate of drug-likeness (QED) is 0.710. The Balaban J connectivity index is 1.52. The number of hydrogen-bond donors (Lipinski definition) is 1. The summed E-state index contributed by atoms with van der Waals surface area (Å²) in [6.07, 6.45) is 0. The van der Waals surface area contributed by atoms with E-state index in [2.05, 4.69) is 39.1 Å². The number of ether oxygens (including phenoxy) is 2. The van der Waals surface area contributed by atoms with Crippen molar-refractivity contribution in [3.05, 3.63) is 12.1 Å². The van der Waals surface area contributed by atoms with Crippen LogP contribution in [0, 0.1) is 0 Å². The molecule has 2 aromatic rings. The van der Waals surface area contributed by atoms with Crippen LogP contribution in [0.3, 0.4) is 0 Å². The molecule has 1 aliphatic heterocycles. The number of likely N-dealkylation sites (N-methyl/N-ethyl adjacent to an activating group) is 1. The Morgan fingerprint density at radius 2 is 1.79 bits per heavy atom. The summed E-state index contributed by atoms with van der Waals surface area (Å²) in [7, 11) is 7.39. The largest absolute Gasteiger partial charge is 0.493 e. The molecule has 1 aromatic heterocycles. The van der Waals surface area contributed by atoms with Gasteiger partial charge >= 0.3 is 0 Å². The van der Waals surface area contributed by atoms with Crippen LogP contribution in [0.4, 0.5) is 5.13 Å². The van der Waals surface area contributed by atoms with Gasteiger partial charge in [-0.3, -0.25) is 14.6 Å². The van der Waals surface area contributed by atoms with Gasteiger partial charge < -0.3 is 19.7 Å². The van der Waals surface area contributed by atoms with Crippen LogP contribution in [0.15, 0.2) is 12.1 Å². The van der Waals surface area contributed by atoms with Gasteiger partial charge in [0.25, 0.3) is 0 Å². The lowest BCUT2D eigenvalue weighted by Crippen LogP contribution is -2.49. The van der Waals surface area contributed by atoms with E-state index in [9.17, 15) is 4.79 Å². The van der Waals surface area contributed by atoms with Crippen molar-refractivity contribution < 1.29 is 14.3 Å². The summed E-state index contributed by atoms with van der Waals surface area (Å²) < 4.78 is 11.6. The number of nitrogens with zero attached hydrogens (tertiary/aromatic N) is 4. The second-order valence-electron chi connectivity index (χ2n) is 7.16. The highest BCUT2D eigenvalue weighted by molar-refractivity contribution is 7.22. The maximum Gasteiger partial charge on any atom is 0.240 e. The molecule has 9 heteroatoms. The molecule has 0 radical (unpaired) electrons. The van der Waals surface area contributed by atoms with Crippen LogP contribution in [-0.2, 0) is 4.79 Å². The van der Waals surface area contributed by atoms with Crippen molar-refractivity contribution in [2.24, 2.45) is 0 Å². The molecule has 0 bridgehead atoms. The topological polar surface area (TPSA) is 70.2 Å². The number of hydrogen-bond acceptors (Lipinski definition) is 8. The SMILES string of the molecule is COc1cc2nc(NC(=O)CN3CCN(CCN(C)C)CC3)sc2cc1OC. The van der Waals surface area contributed by atoms with Crippen molar-refractivity contribution in [3.8, 4) is 11.5 Å². The summed E-state index contributed by atoms with van der Waals surface area (Å²) in [5.74, 6) is 1.26. The summed E-state index contributed by atoms with van der Waals surface area (Å²) in [5.41, 5.74) is 0.785. The molecule has 0 unspecified atom stereocenters. The molecular formula is C19H29N5O3S. The normalized spacial score (nSPS) is 15.9. The number of fused-ring (bicyclic) bond motifs is 1. The second-order valence-corrected chi connectivity index (χ2v) is 8.19. The van der Waals surface area contributed by atoms with Gasteiger partial charge in [0, 0.05) is 51.4 Å². The zero-order chi connectivity index (χ0) is 20.1.